The molecule has 0 saturated carbocycles. The molecule has 39 heavy (non-hydrogen) atoms. The highest BCUT2D eigenvalue weighted by atomic mass is 16.1. The van der Waals surface area contributed by atoms with Crippen LogP contribution in [0.3, 0.4) is 0 Å². The van der Waals surface area contributed by atoms with Crippen LogP contribution in [-0.4, -0.2) is 5.78 Å². The number of hydrogen-bond acceptors (Lipinski definition) is 2. The molecule has 0 radical (unpaired) electrons. The van der Waals surface area contributed by atoms with Gasteiger partial charge in [0.1, 0.15) is 0 Å². The SMILES string of the molecule is CC(C)(C)C.Cc1ccc(-c2ccc(Cc3ccc(C(=O)c4ccc(C(C)(C)C)cc4)cc3)cc2)cc1CN. The van der Waals surface area contributed by atoms with Gasteiger partial charge in [-0.15, -0.1) is 0 Å². The molecule has 2 heteroatoms. The molecule has 2 N–H and O–H groups in total. The van der Waals surface area contributed by atoms with Crippen molar-refractivity contribution in [2.75, 3.05) is 0 Å². The summed E-state index contributed by atoms with van der Waals surface area (Å²) in [5, 5.41) is 0. The van der Waals surface area contributed by atoms with Gasteiger partial charge in [-0.05, 0) is 69.2 Å². The second kappa shape index (κ2) is 12.6. The van der Waals surface area contributed by atoms with E-state index in [1.807, 2.05) is 24.3 Å². The van der Waals surface area contributed by atoms with Crippen LogP contribution in [0.1, 0.15) is 92.2 Å². The van der Waals surface area contributed by atoms with E-state index >= 15 is 0 Å². The molecule has 0 heterocycles. The number of nitrogens with two attached hydrogens (primary N) is 1. The first kappa shape index (κ1) is 30.1. The van der Waals surface area contributed by atoms with Crippen molar-refractivity contribution in [1.82, 2.24) is 0 Å². The number of benzene rings is 4. The molecule has 0 saturated heterocycles. The maximum atomic E-state index is 12.9. The predicted octanol–water partition coefficient (Wildman–Crippen LogP) is 9.29. The molecule has 2 nitrogen and oxygen atoms in total. The normalized spacial score (nSPS) is 11.5. The minimum Gasteiger partial charge on any atom is -0.326 e. The summed E-state index contributed by atoms with van der Waals surface area (Å²) in [5.74, 6) is 0.0614. The Bertz CT molecular complexity index is 1360. The average Bonchev–Trinajstić information content (AvgIpc) is 2.88. The van der Waals surface area contributed by atoms with E-state index in [1.165, 1.54) is 38.9 Å². The standard InChI is InChI=1S/C32H33NO.C5H12/c1-22-5-10-28(20-29(22)21-33)25-11-6-23(7-12-25)19-24-8-13-26(14-9-24)31(34)27-15-17-30(18-16-27)32(2,3)4;1-5(2,3)4/h5-18,20H,19,21,33H2,1-4H3;1-4H3. The van der Waals surface area contributed by atoms with Crippen LogP contribution in [-0.2, 0) is 18.4 Å². The lowest BCUT2D eigenvalue weighted by atomic mass is 9.86. The van der Waals surface area contributed by atoms with E-state index in [2.05, 4.69) is 122 Å². The molecule has 0 aliphatic heterocycles. The molecule has 0 aliphatic rings. The fraction of sp³-hybridized carbons (Fsp3) is 0.324. The van der Waals surface area contributed by atoms with Gasteiger partial charge in [-0.1, -0.05) is 133 Å². The van der Waals surface area contributed by atoms with Crippen molar-refractivity contribution in [3.63, 3.8) is 0 Å². The summed E-state index contributed by atoms with van der Waals surface area (Å²) in [4.78, 5) is 12.9. The molecular weight excluding hydrogens is 474 g/mol. The molecule has 0 aliphatic carbocycles. The molecule has 0 amide bonds. The second-order valence-electron chi connectivity index (χ2n) is 13.1. The Hall–Kier alpha value is -3.49. The van der Waals surface area contributed by atoms with Gasteiger partial charge in [0.2, 0.25) is 0 Å². The lowest BCUT2D eigenvalue weighted by molar-refractivity contribution is 0.103. The van der Waals surface area contributed by atoms with E-state index in [0.717, 1.165) is 17.5 Å². The van der Waals surface area contributed by atoms with Gasteiger partial charge in [0.05, 0.1) is 0 Å². The van der Waals surface area contributed by atoms with E-state index < -0.39 is 0 Å². The number of rotatable bonds is 6. The van der Waals surface area contributed by atoms with Crippen molar-refractivity contribution in [3.8, 4) is 11.1 Å². The van der Waals surface area contributed by atoms with Crippen molar-refractivity contribution in [1.29, 1.82) is 0 Å². The van der Waals surface area contributed by atoms with Gasteiger partial charge < -0.3 is 5.73 Å². The Morgan fingerprint density at radius 1 is 0.641 bits per heavy atom. The van der Waals surface area contributed by atoms with Crippen LogP contribution in [0.25, 0.3) is 11.1 Å². The summed E-state index contributed by atoms with van der Waals surface area (Å²) in [6.07, 6.45) is 0.830. The number of hydrogen-bond donors (Lipinski definition) is 1. The zero-order valence-corrected chi connectivity index (χ0v) is 25.1. The maximum Gasteiger partial charge on any atom is 0.193 e. The van der Waals surface area contributed by atoms with Gasteiger partial charge >= 0.3 is 0 Å². The second-order valence-corrected chi connectivity index (χ2v) is 13.1. The van der Waals surface area contributed by atoms with Crippen LogP contribution in [0.5, 0.6) is 0 Å². The summed E-state index contributed by atoms with van der Waals surface area (Å²) in [6.45, 7) is 17.9. The molecule has 0 spiro atoms. The first-order valence-corrected chi connectivity index (χ1v) is 13.9. The van der Waals surface area contributed by atoms with E-state index in [1.54, 1.807) is 0 Å². The average molecular weight is 520 g/mol. The van der Waals surface area contributed by atoms with Crippen molar-refractivity contribution in [3.05, 3.63) is 130 Å². The van der Waals surface area contributed by atoms with E-state index in [9.17, 15) is 4.79 Å². The highest BCUT2D eigenvalue weighted by Gasteiger charge is 2.15. The lowest BCUT2D eigenvalue weighted by Crippen LogP contribution is -2.11. The summed E-state index contributed by atoms with van der Waals surface area (Å²) in [6, 6.07) is 31.1. The third-order valence-electron chi connectivity index (χ3n) is 6.49. The van der Waals surface area contributed by atoms with Crippen LogP contribution in [0.2, 0.25) is 0 Å². The molecule has 204 valence electrons. The first-order valence-electron chi connectivity index (χ1n) is 13.9. The van der Waals surface area contributed by atoms with Crippen molar-refractivity contribution in [2.45, 2.75) is 73.8 Å². The highest BCUT2D eigenvalue weighted by molar-refractivity contribution is 6.09. The Morgan fingerprint density at radius 3 is 1.54 bits per heavy atom. The molecule has 4 aromatic rings. The van der Waals surface area contributed by atoms with E-state index in [4.69, 9.17) is 5.73 Å². The predicted molar refractivity (Wildman–Crippen MR) is 167 cm³/mol. The summed E-state index contributed by atoms with van der Waals surface area (Å²) in [7, 11) is 0. The minimum absolute atomic E-state index is 0.0614. The first-order chi connectivity index (χ1) is 18.2. The van der Waals surface area contributed by atoms with Gasteiger partial charge in [0, 0.05) is 17.7 Å². The Balaban J connectivity index is 0.000000771. The topological polar surface area (TPSA) is 43.1 Å². The Morgan fingerprint density at radius 2 is 1.08 bits per heavy atom. The summed E-state index contributed by atoms with van der Waals surface area (Å²) < 4.78 is 0. The third-order valence-corrected chi connectivity index (χ3v) is 6.49. The number of ketones is 1. The monoisotopic (exact) mass is 519 g/mol. The summed E-state index contributed by atoms with van der Waals surface area (Å²) >= 11 is 0. The van der Waals surface area contributed by atoms with Gasteiger partial charge in [-0.2, -0.15) is 0 Å². The number of aryl methyl sites for hydroxylation is 1. The van der Waals surface area contributed by atoms with Crippen molar-refractivity contribution < 1.29 is 4.79 Å². The van der Waals surface area contributed by atoms with Crippen molar-refractivity contribution >= 4 is 5.78 Å². The van der Waals surface area contributed by atoms with Crippen LogP contribution >= 0.6 is 0 Å². The van der Waals surface area contributed by atoms with Crippen LogP contribution in [0.4, 0.5) is 0 Å². The number of carbonyl (C=O) groups is 1. The smallest absolute Gasteiger partial charge is 0.193 e. The van der Waals surface area contributed by atoms with Gasteiger partial charge in [-0.25, -0.2) is 0 Å². The molecule has 0 unspecified atom stereocenters. The molecule has 0 fully saturated rings. The maximum absolute atomic E-state index is 12.9. The van der Waals surface area contributed by atoms with Crippen LogP contribution in [0.15, 0.2) is 91.0 Å². The minimum atomic E-state index is 0.0614. The van der Waals surface area contributed by atoms with Gasteiger partial charge in [-0.3, -0.25) is 4.79 Å². The van der Waals surface area contributed by atoms with Crippen LogP contribution < -0.4 is 5.73 Å². The lowest BCUT2D eigenvalue weighted by Gasteiger charge is -2.19. The fourth-order valence-electron chi connectivity index (χ4n) is 4.18. The fourth-order valence-corrected chi connectivity index (χ4v) is 4.18. The highest BCUT2D eigenvalue weighted by Crippen LogP contribution is 2.25. The zero-order valence-electron chi connectivity index (χ0n) is 25.1. The number of carbonyl (C=O) groups excluding carboxylic acids is 1. The molecule has 0 bridgehead atoms. The molecule has 4 aromatic carbocycles. The molecular formula is C37H45NO. The Labute approximate surface area is 236 Å². The largest absolute Gasteiger partial charge is 0.326 e. The third kappa shape index (κ3) is 9.04. The molecule has 4 rings (SSSR count). The van der Waals surface area contributed by atoms with E-state index in [-0.39, 0.29) is 11.2 Å². The quantitative estimate of drug-likeness (QED) is 0.258. The molecule has 0 atom stereocenters. The van der Waals surface area contributed by atoms with Gasteiger partial charge in [0.15, 0.2) is 5.78 Å². The Kier molecular flexibility index (Phi) is 9.69. The summed E-state index contributed by atoms with van der Waals surface area (Å²) in [5.41, 5.74) is 16.3. The van der Waals surface area contributed by atoms with E-state index in [0.29, 0.717) is 12.0 Å². The van der Waals surface area contributed by atoms with Gasteiger partial charge in [0.25, 0.3) is 0 Å². The zero-order chi connectivity index (χ0) is 28.8. The van der Waals surface area contributed by atoms with Crippen LogP contribution in [0, 0.1) is 12.3 Å². The molecule has 0 aromatic heterocycles. The van der Waals surface area contributed by atoms with Crippen molar-refractivity contribution in [2.24, 2.45) is 11.1 Å².